The van der Waals surface area contributed by atoms with Crippen LogP contribution in [-0.2, 0) is 17.9 Å². The summed E-state index contributed by atoms with van der Waals surface area (Å²) in [7, 11) is 0. The predicted octanol–water partition coefficient (Wildman–Crippen LogP) is 1.92. The van der Waals surface area contributed by atoms with E-state index in [2.05, 4.69) is 15.9 Å². The highest BCUT2D eigenvalue weighted by molar-refractivity contribution is 9.09. The summed E-state index contributed by atoms with van der Waals surface area (Å²) in [6.07, 6.45) is 0.644. The highest BCUT2D eigenvalue weighted by Crippen LogP contribution is 2.21. The van der Waals surface area contributed by atoms with Gasteiger partial charge in [-0.1, -0.05) is 40.2 Å². The van der Waals surface area contributed by atoms with Crippen LogP contribution >= 0.6 is 15.9 Å². The minimum absolute atomic E-state index is 0.0474. The number of benzene rings is 1. The van der Waals surface area contributed by atoms with E-state index in [0.717, 1.165) is 23.0 Å². The van der Waals surface area contributed by atoms with Crippen molar-refractivity contribution in [3.05, 3.63) is 35.4 Å². The second-order valence-electron chi connectivity index (χ2n) is 4.48. The lowest BCUT2D eigenvalue weighted by Crippen LogP contribution is -2.24. The summed E-state index contributed by atoms with van der Waals surface area (Å²) >= 11 is 3.43. The van der Waals surface area contributed by atoms with E-state index in [1.54, 1.807) is 0 Å². The van der Waals surface area contributed by atoms with Crippen molar-refractivity contribution < 1.29 is 9.90 Å². The molecule has 1 aliphatic heterocycles. The van der Waals surface area contributed by atoms with Gasteiger partial charge < -0.3 is 10.0 Å². The number of aliphatic hydroxyl groups excluding tert-OH is 1. The first kappa shape index (κ1) is 12.6. The topological polar surface area (TPSA) is 40.5 Å². The molecule has 1 N–H and O–H groups in total. The van der Waals surface area contributed by atoms with E-state index in [-0.39, 0.29) is 12.5 Å². The molecule has 1 amide bonds. The predicted molar refractivity (Wildman–Crippen MR) is 69.7 cm³/mol. The summed E-state index contributed by atoms with van der Waals surface area (Å²) in [4.78, 5) is 13.6. The standard InChI is InChI=1S/C13H16BrNO2/c14-6-12-5-13(17)15(8-12)7-10-2-1-3-11(4-10)9-16/h1-4,12,16H,5-9H2. The molecule has 1 fully saturated rings. The van der Waals surface area contributed by atoms with Gasteiger partial charge in [0, 0.05) is 24.8 Å². The molecule has 1 saturated heterocycles. The van der Waals surface area contributed by atoms with Crippen molar-refractivity contribution in [2.24, 2.45) is 5.92 Å². The van der Waals surface area contributed by atoms with Gasteiger partial charge >= 0.3 is 0 Å². The molecule has 92 valence electrons. The molecule has 0 aromatic heterocycles. The first-order chi connectivity index (χ1) is 8.22. The number of aliphatic hydroxyl groups is 1. The fourth-order valence-corrected chi connectivity index (χ4v) is 2.59. The maximum atomic E-state index is 11.8. The van der Waals surface area contributed by atoms with Crippen LogP contribution in [0.2, 0.25) is 0 Å². The Morgan fingerprint density at radius 1 is 1.41 bits per heavy atom. The summed E-state index contributed by atoms with van der Waals surface area (Å²) in [6.45, 7) is 1.52. The van der Waals surface area contributed by atoms with E-state index < -0.39 is 0 Å². The average molecular weight is 298 g/mol. The van der Waals surface area contributed by atoms with Crippen LogP contribution in [0.1, 0.15) is 17.5 Å². The number of likely N-dealkylation sites (tertiary alicyclic amines) is 1. The lowest BCUT2D eigenvalue weighted by atomic mass is 10.1. The Morgan fingerprint density at radius 2 is 2.18 bits per heavy atom. The SMILES string of the molecule is O=C1CC(CBr)CN1Cc1cccc(CO)c1. The molecule has 1 unspecified atom stereocenters. The summed E-state index contributed by atoms with van der Waals surface area (Å²) in [6, 6.07) is 7.75. The molecule has 17 heavy (non-hydrogen) atoms. The second-order valence-corrected chi connectivity index (χ2v) is 5.12. The van der Waals surface area contributed by atoms with E-state index in [4.69, 9.17) is 5.11 Å². The minimum atomic E-state index is 0.0474. The number of alkyl halides is 1. The molecule has 1 aromatic rings. The van der Waals surface area contributed by atoms with E-state index in [1.165, 1.54) is 0 Å². The van der Waals surface area contributed by atoms with Gasteiger partial charge in [-0.05, 0) is 17.0 Å². The monoisotopic (exact) mass is 297 g/mol. The summed E-state index contributed by atoms with van der Waals surface area (Å²) in [5.41, 5.74) is 1.98. The van der Waals surface area contributed by atoms with E-state index >= 15 is 0 Å². The van der Waals surface area contributed by atoms with Crippen LogP contribution in [0.4, 0.5) is 0 Å². The molecule has 2 rings (SSSR count). The largest absolute Gasteiger partial charge is 0.392 e. The van der Waals surface area contributed by atoms with Crippen molar-refractivity contribution in [3.8, 4) is 0 Å². The van der Waals surface area contributed by atoms with Gasteiger partial charge in [0.05, 0.1) is 6.61 Å². The molecular weight excluding hydrogens is 282 g/mol. The number of nitrogens with zero attached hydrogens (tertiary/aromatic N) is 1. The summed E-state index contributed by atoms with van der Waals surface area (Å²) in [5, 5.41) is 9.95. The fourth-order valence-electron chi connectivity index (χ4n) is 2.16. The van der Waals surface area contributed by atoms with E-state index in [9.17, 15) is 4.79 Å². The molecule has 0 aliphatic carbocycles. The third-order valence-electron chi connectivity index (χ3n) is 3.06. The maximum Gasteiger partial charge on any atom is 0.223 e. The van der Waals surface area contributed by atoms with Crippen LogP contribution in [0.25, 0.3) is 0 Å². The van der Waals surface area contributed by atoms with Gasteiger partial charge in [-0.15, -0.1) is 0 Å². The maximum absolute atomic E-state index is 11.8. The van der Waals surface area contributed by atoms with Crippen LogP contribution in [0, 0.1) is 5.92 Å². The Balaban J connectivity index is 2.03. The van der Waals surface area contributed by atoms with Crippen molar-refractivity contribution in [1.29, 1.82) is 0 Å². The third-order valence-corrected chi connectivity index (χ3v) is 3.98. The van der Waals surface area contributed by atoms with Crippen molar-refractivity contribution in [3.63, 3.8) is 0 Å². The summed E-state index contributed by atoms with van der Waals surface area (Å²) in [5.74, 6) is 0.660. The minimum Gasteiger partial charge on any atom is -0.392 e. The molecule has 1 aliphatic rings. The zero-order valence-corrected chi connectivity index (χ0v) is 11.2. The lowest BCUT2D eigenvalue weighted by molar-refractivity contribution is -0.128. The number of rotatable bonds is 4. The average Bonchev–Trinajstić information content (AvgIpc) is 2.70. The summed E-state index contributed by atoms with van der Waals surface area (Å²) < 4.78 is 0. The van der Waals surface area contributed by atoms with Crippen LogP contribution in [-0.4, -0.2) is 27.8 Å². The molecule has 4 heteroatoms. The Hall–Kier alpha value is -0.870. The number of halogens is 1. The van der Waals surface area contributed by atoms with Gasteiger partial charge in [0.2, 0.25) is 5.91 Å². The normalized spacial score (nSPS) is 20.0. The van der Waals surface area contributed by atoms with Crippen molar-refractivity contribution in [2.45, 2.75) is 19.6 Å². The zero-order valence-electron chi connectivity index (χ0n) is 9.60. The molecular formula is C13H16BrNO2. The number of hydrogen-bond donors (Lipinski definition) is 1. The lowest BCUT2D eigenvalue weighted by Gasteiger charge is -2.16. The number of hydrogen-bond acceptors (Lipinski definition) is 2. The van der Waals surface area contributed by atoms with E-state index in [0.29, 0.717) is 18.9 Å². The quantitative estimate of drug-likeness (QED) is 0.863. The van der Waals surface area contributed by atoms with Gasteiger partial charge in [0.15, 0.2) is 0 Å². The first-order valence-electron chi connectivity index (χ1n) is 5.75. The van der Waals surface area contributed by atoms with Gasteiger partial charge in [-0.3, -0.25) is 4.79 Å². The van der Waals surface area contributed by atoms with Gasteiger partial charge in [-0.25, -0.2) is 0 Å². The van der Waals surface area contributed by atoms with E-state index in [1.807, 2.05) is 29.2 Å². The van der Waals surface area contributed by atoms with Crippen molar-refractivity contribution >= 4 is 21.8 Å². The van der Waals surface area contributed by atoms with Crippen LogP contribution in [0.5, 0.6) is 0 Å². The molecule has 0 spiro atoms. The Labute approximate surface area is 110 Å². The number of carbonyl (C=O) groups is 1. The molecule has 0 radical (unpaired) electrons. The number of carbonyl (C=O) groups excluding carboxylic acids is 1. The van der Waals surface area contributed by atoms with Crippen LogP contribution in [0.15, 0.2) is 24.3 Å². The Bertz CT molecular complexity index is 408. The molecule has 1 atom stereocenters. The van der Waals surface area contributed by atoms with Crippen LogP contribution < -0.4 is 0 Å². The van der Waals surface area contributed by atoms with Crippen molar-refractivity contribution in [2.75, 3.05) is 11.9 Å². The molecule has 0 bridgehead atoms. The number of amides is 1. The molecule has 0 saturated carbocycles. The first-order valence-corrected chi connectivity index (χ1v) is 6.87. The molecule has 1 heterocycles. The van der Waals surface area contributed by atoms with Crippen LogP contribution in [0.3, 0.4) is 0 Å². The highest BCUT2D eigenvalue weighted by atomic mass is 79.9. The molecule has 3 nitrogen and oxygen atoms in total. The van der Waals surface area contributed by atoms with Crippen molar-refractivity contribution in [1.82, 2.24) is 4.90 Å². The van der Waals surface area contributed by atoms with Gasteiger partial charge in [-0.2, -0.15) is 0 Å². The fraction of sp³-hybridized carbons (Fsp3) is 0.462. The zero-order chi connectivity index (χ0) is 12.3. The Kier molecular flexibility index (Phi) is 4.18. The smallest absolute Gasteiger partial charge is 0.223 e. The van der Waals surface area contributed by atoms with Gasteiger partial charge in [0.1, 0.15) is 0 Å². The van der Waals surface area contributed by atoms with Gasteiger partial charge in [0.25, 0.3) is 0 Å². The molecule has 1 aromatic carbocycles. The third kappa shape index (κ3) is 3.07. The second kappa shape index (κ2) is 5.65. The Morgan fingerprint density at radius 3 is 2.82 bits per heavy atom. The highest BCUT2D eigenvalue weighted by Gasteiger charge is 2.28.